The summed E-state index contributed by atoms with van der Waals surface area (Å²) < 4.78 is 74.5. The van der Waals surface area contributed by atoms with Crippen molar-refractivity contribution in [3.05, 3.63) is 0 Å². The Labute approximate surface area is 115 Å². The van der Waals surface area contributed by atoms with Crippen LogP contribution in [0.3, 0.4) is 0 Å². The lowest BCUT2D eigenvalue weighted by Gasteiger charge is -2.35. The highest BCUT2D eigenvalue weighted by Crippen LogP contribution is 2.41. The van der Waals surface area contributed by atoms with Crippen LogP contribution in [-0.2, 0) is 0 Å². The number of alkyl halides is 6. The van der Waals surface area contributed by atoms with Crippen LogP contribution in [-0.4, -0.2) is 24.9 Å². The lowest BCUT2D eigenvalue weighted by atomic mass is 9.77. The number of halogens is 6. The Bertz CT molecular complexity index is 278. The summed E-state index contributed by atoms with van der Waals surface area (Å²) in [5, 5.41) is 3.00. The number of rotatable bonds is 5. The number of hydrogen-bond acceptors (Lipinski definition) is 1. The summed E-state index contributed by atoms with van der Waals surface area (Å²) in [5.74, 6) is -1.38. The molecule has 1 fully saturated rings. The quantitative estimate of drug-likeness (QED) is 0.727. The van der Waals surface area contributed by atoms with E-state index < -0.39 is 24.7 Å². The Balaban J connectivity index is 2.49. The second-order valence-corrected chi connectivity index (χ2v) is 5.47. The summed E-state index contributed by atoms with van der Waals surface area (Å²) in [6.07, 6.45) is -8.58. The molecule has 0 aromatic heterocycles. The number of hydrogen-bond donors (Lipinski definition) is 1. The Morgan fingerprint density at radius 1 is 1.00 bits per heavy atom. The zero-order chi connectivity index (χ0) is 15.4. The van der Waals surface area contributed by atoms with E-state index in [-0.39, 0.29) is 31.2 Å². The molecule has 0 aromatic rings. The molecule has 1 atom stereocenters. The Hall–Kier alpha value is -0.460. The average molecular weight is 305 g/mol. The molecule has 1 rings (SSSR count). The molecule has 0 aromatic carbocycles. The van der Waals surface area contributed by atoms with Crippen LogP contribution in [0, 0.1) is 11.8 Å². The van der Waals surface area contributed by atoms with Gasteiger partial charge in [-0.15, -0.1) is 0 Å². The maximum Gasteiger partial charge on any atom is 0.391 e. The minimum Gasteiger partial charge on any atom is -0.314 e. The summed E-state index contributed by atoms with van der Waals surface area (Å²) in [7, 11) is 0. The van der Waals surface area contributed by atoms with E-state index in [1.807, 2.05) is 0 Å². The molecule has 0 saturated heterocycles. The van der Waals surface area contributed by atoms with Gasteiger partial charge < -0.3 is 5.32 Å². The first kappa shape index (κ1) is 17.6. The maximum atomic E-state index is 12.6. The summed E-state index contributed by atoms with van der Waals surface area (Å²) in [5.41, 5.74) is 0. The molecular formula is C13H21F6N. The van der Waals surface area contributed by atoms with Crippen LogP contribution >= 0.6 is 0 Å². The normalized spacial score (nSPS) is 26.6. The minimum absolute atomic E-state index is 0.0298. The van der Waals surface area contributed by atoms with Gasteiger partial charge in [-0.3, -0.25) is 0 Å². The highest BCUT2D eigenvalue weighted by atomic mass is 19.4. The van der Waals surface area contributed by atoms with Gasteiger partial charge in [-0.2, -0.15) is 26.3 Å². The van der Waals surface area contributed by atoms with Gasteiger partial charge in [0.15, 0.2) is 0 Å². The first-order valence-electron chi connectivity index (χ1n) is 7.00. The average Bonchev–Trinajstić information content (AvgIpc) is 2.32. The van der Waals surface area contributed by atoms with Gasteiger partial charge in [0.2, 0.25) is 0 Å². The van der Waals surface area contributed by atoms with Crippen molar-refractivity contribution in [3.8, 4) is 0 Å². The maximum absolute atomic E-state index is 12.6. The highest BCUT2D eigenvalue weighted by molar-refractivity contribution is 4.84. The molecule has 0 heterocycles. The van der Waals surface area contributed by atoms with E-state index in [0.29, 0.717) is 19.4 Å². The predicted octanol–water partition coefficient (Wildman–Crippen LogP) is 4.68. The van der Waals surface area contributed by atoms with Crippen molar-refractivity contribution < 1.29 is 26.3 Å². The molecule has 1 saturated carbocycles. The van der Waals surface area contributed by atoms with Crippen molar-refractivity contribution in [2.45, 2.75) is 63.8 Å². The lowest BCUT2D eigenvalue weighted by Crippen LogP contribution is -2.40. The van der Waals surface area contributed by atoms with Crippen LogP contribution in [0.2, 0.25) is 0 Å². The van der Waals surface area contributed by atoms with Crippen LogP contribution in [0.15, 0.2) is 0 Å². The molecule has 120 valence electrons. The zero-order valence-electron chi connectivity index (χ0n) is 11.4. The van der Waals surface area contributed by atoms with Gasteiger partial charge in [-0.05, 0) is 44.6 Å². The molecule has 0 amide bonds. The van der Waals surface area contributed by atoms with E-state index >= 15 is 0 Å². The SMILES string of the molecule is CCNC(CCC(F)(F)F)C1CCC(C(F)(F)F)CC1. The van der Waals surface area contributed by atoms with E-state index in [1.54, 1.807) is 6.92 Å². The molecule has 0 radical (unpaired) electrons. The third kappa shape index (κ3) is 5.89. The smallest absolute Gasteiger partial charge is 0.314 e. The molecule has 7 heteroatoms. The van der Waals surface area contributed by atoms with Crippen molar-refractivity contribution in [2.24, 2.45) is 11.8 Å². The van der Waals surface area contributed by atoms with E-state index in [2.05, 4.69) is 5.32 Å². The van der Waals surface area contributed by atoms with Crippen molar-refractivity contribution in [1.82, 2.24) is 5.32 Å². The highest BCUT2D eigenvalue weighted by Gasteiger charge is 2.42. The first-order chi connectivity index (χ1) is 9.13. The molecule has 20 heavy (non-hydrogen) atoms. The summed E-state index contributed by atoms with van der Waals surface area (Å²) in [6.45, 7) is 2.32. The van der Waals surface area contributed by atoms with Gasteiger partial charge in [-0.25, -0.2) is 0 Å². The van der Waals surface area contributed by atoms with Crippen LogP contribution in [0.25, 0.3) is 0 Å². The molecular weight excluding hydrogens is 284 g/mol. The van der Waals surface area contributed by atoms with E-state index in [4.69, 9.17) is 0 Å². The number of nitrogens with one attached hydrogen (secondary N) is 1. The molecule has 1 nitrogen and oxygen atoms in total. The molecule has 1 N–H and O–H groups in total. The second-order valence-electron chi connectivity index (χ2n) is 5.47. The van der Waals surface area contributed by atoms with Gasteiger partial charge in [-0.1, -0.05) is 6.92 Å². The lowest BCUT2D eigenvalue weighted by molar-refractivity contribution is -0.184. The van der Waals surface area contributed by atoms with Crippen LogP contribution in [0.1, 0.15) is 45.4 Å². The Kier molecular flexibility index (Phi) is 6.16. The van der Waals surface area contributed by atoms with Gasteiger partial charge in [0, 0.05) is 12.5 Å². The van der Waals surface area contributed by atoms with Crippen molar-refractivity contribution in [2.75, 3.05) is 6.54 Å². The predicted molar refractivity (Wildman–Crippen MR) is 64.3 cm³/mol. The topological polar surface area (TPSA) is 12.0 Å². The molecule has 0 bridgehead atoms. The van der Waals surface area contributed by atoms with E-state index in [0.717, 1.165) is 0 Å². The van der Waals surface area contributed by atoms with Gasteiger partial charge in [0.1, 0.15) is 0 Å². The second kappa shape index (κ2) is 7.00. The third-order valence-electron chi connectivity index (χ3n) is 4.01. The summed E-state index contributed by atoms with van der Waals surface area (Å²) in [6, 6.07) is -0.337. The largest absolute Gasteiger partial charge is 0.391 e. The Morgan fingerprint density at radius 3 is 1.95 bits per heavy atom. The molecule has 0 spiro atoms. The molecule has 1 aliphatic carbocycles. The van der Waals surface area contributed by atoms with Gasteiger partial charge >= 0.3 is 12.4 Å². The fourth-order valence-electron chi connectivity index (χ4n) is 2.93. The van der Waals surface area contributed by atoms with Crippen molar-refractivity contribution in [3.63, 3.8) is 0 Å². The zero-order valence-corrected chi connectivity index (χ0v) is 11.4. The van der Waals surface area contributed by atoms with E-state index in [9.17, 15) is 26.3 Å². The molecule has 0 aliphatic heterocycles. The minimum atomic E-state index is -4.21. The van der Waals surface area contributed by atoms with Crippen LogP contribution in [0.5, 0.6) is 0 Å². The van der Waals surface area contributed by atoms with E-state index in [1.165, 1.54) is 0 Å². The van der Waals surface area contributed by atoms with Gasteiger partial charge in [0.05, 0.1) is 5.92 Å². The van der Waals surface area contributed by atoms with Crippen molar-refractivity contribution >= 4 is 0 Å². The molecule has 1 unspecified atom stereocenters. The Morgan fingerprint density at radius 2 is 1.55 bits per heavy atom. The van der Waals surface area contributed by atoms with Crippen LogP contribution < -0.4 is 5.32 Å². The fourth-order valence-corrected chi connectivity index (χ4v) is 2.93. The van der Waals surface area contributed by atoms with Gasteiger partial charge in [0.25, 0.3) is 0 Å². The fraction of sp³-hybridized carbons (Fsp3) is 1.00. The molecule has 1 aliphatic rings. The van der Waals surface area contributed by atoms with Crippen LogP contribution in [0.4, 0.5) is 26.3 Å². The summed E-state index contributed by atoms with van der Waals surface area (Å²) >= 11 is 0. The summed E-state index contributed by atoms with van der Waals surface area (Å²) in [4.78, 5) is 0. The monoisotopic (exact) mass is 305 g/mol. The van der Waals surface area contributed by atoms with Crippen molar-refractivity contribution in [1.29, 1.82) is 0 Å². The standard InChI is InChI=1S/C13H21F6N/c1-2-20-11(7-8-12(14,15)16)9-3-5-10(6-4-9)13(17,18)19/h9-11,20H,2-8H2,1H3. The third-order valence-corrected chi connectivity index (χ3v) is 4.01. The first-order valence-corrected chi connectivity index (χ1v) is 7.00.